The number of anilines is 7. The topological polar surface area (TPSA) is 369 Å². The largest absolute Gasteiger partial charge is 0.495 e. The van der Waals surface area contributed by atoms with Gasteiger partial charge in [0, 0.05) is 125 Å². The number of carbonyl (C=O) groups excluding carboxylic acids is 2. The van der Waals surface area contributed by atoms with E-state index in [-0.39, 0.29) is 69.3 Å². The Kier molecular flexibility index (Phi) is 56.1. The summed E-state index contributed by atoms with van der Waals surface area (Å²) in [5.41, 5.74) is 21.2. The monoisotopic (exact) mass is 2130 g/mol. The molecule has 0 bridgehead atoms. The summed E-state index contributed by atoms with van der Waals surface area (Å²) in [4.78, 5) is 42.9. The predicted octanol–water partition coefficient (Wildman–Crippen LogP) is 16.1. The SMILES string of the molecule is C1COCCN1.CCOCC.CCOCC.C[C@@H](N)[C@@H](C)O.C[C@@H](O)[C@@H](C)Nc1cc(I)cc(F)n1.C[C@@H](O)[C@@H](C)Nc1cc(I)cc(N)n1.Cc1ccc(NC(=O)N2CC[C@@H](CC(F)(F)F)C2)cc1-c1cc(N)nc(N[C@H](C)[C@@H](C)O)c1.Cc1ccc(NC(=O)N2CC[C@@H](CC(F)(F)F)C2)cc1B1OC(C)(C)C(C)(C)O1.Cl.Fc1cc(I)cc(F)n1.S. The van der Waals surface area contributed by atoms with E-state index in [1.807, 2.05) is 159 Å². The highest BCUT2D eigenvalue weighted by molar-refractivity contribution is 14.1. The van der Waals surface area contributed by atoms with Crippen molar-refractivity contribution in [3.8, 4) is 11.1 Å². The van der Waals surface area contributed by atoms with Crippen LogP contribution in [0, 0.1) is 54.2 Å². The number of nitrogen functional groups attached to an aromatic ring is 2. The molecule has 16 N–H and O–H groups in total. The van der Waals surface area contributed by atoms with Crippen LogP contribution in [0.4, 0.5) is 89.6 Å². The number of alkyl halides is 6. The van der Waals surface area contributed by atoms with Gasteiger partial charge in [-0.1, -0.05) is 17.7 Å². The van der Waals surface area contributed by atoms with Crippen LogP contribution in [0.3, 0.4) is 0 Å². The third-order valence-electron chi connectivity index (χ3n) is 18.9. The zero-order chi connectivity index (χ0) is 91.9. The summed E-state index contributed by atoms with van der Waals surface area (Å²) in [5.74, 6) is -0.744. The van der Waals surface area contributed by atoms with Crippen molar-refractivity contribution in [1.29, 1.82) is 0 Å². The fourth-order valence-electron chi connectivity index (χ4n) is 10.7. The van der Waals surface area contributed by atoms with Crippen LogP contribution in [0.25, 0.3) is 11.1 Å². The first-order chi connectivity index (χ1) is 56.3. The molecule has 6 aromatic rings. The van der Waals surface area contributed by atoms with Crippen molar-refractivity contribution in [1.82, 2.24) is 35.1 Å². The van der Waals surface area contributed by atoms with Crippen LogP contribution >= 0.6 is 93.7 Å². The average Bonchev–Trinajstić information content (AvgIpc) is 1.61. The quantitative estimate of drug-likeness (QED) is 0.0146. The van der Waals surface area contributed by atoms with Gasteiger partial charge in [-0.2, -0.15) is 58.0 Å². The van der Waals surface area contributed by atoms with Crippen LogP contribution in [-0.4, -0.2) is 220 Å². The number of likely N-dealkylation sites (tertiary alicyclic amines) is 2. The van der Waals surface area contributed by atoms with Crippen molar-refractivity contribution >= 4 is 159 Å². The highest BCUT2D eigenvalue weighted by atomic mass is 127. The molecule has 0 unspecified atom stereocenters. The maximum Gasteiger partial charge on any atom is 0.495 e. The minimum absolute atomic E-state index is 0. The predicted molar refractivity (Wildman–Crippen MR) is 505 cm³/mol. The number of benzene rings is 2. The van der Waals surface area contributed by atoms with Crippen LogP contribution < -0.4 is 54.6 Å². The first-order valence-electron chi connectivity index (χ1n) is 39.9. The lowest BCUT2D eigenvalue weighted by Gasteiger charge is -2.32. The number of aromatic nitrogens is 4. The maximum atomic E-state index is 12.9. The number of amides is 4. The van der Waals surface area contributed by atoms with E-state index in [1.54, 1.807) is 77.1 Å². The van der Waals surface area contributed by atoms with Gasteiger partial charge in [0.05, 0.1) is 67.0 Å². The Morgan fingerprint density at radius 3 is 1.25 bits per heavy atom. The van der Waals surface area contributed by atoms with Crippen molar-refractivity contribution in [3.63, 3.8) is 0 Å². The molecule has 4 amide bonds. The molecule has 4 saturated heterocycles. The van der Waals surface area contributed by atoms with E-state index in [0.29, 0.717) is 70.0 Å². The van der Waals surface area contributed by atoms with Crippen LogP contribution in [0.2, 0.25) is 0 Å². The Balaban J connectivity index is 0.00000148. The number of hydrogen-bond donors (Lipinski definition) is 13. The highest BCUT2D eigenvalue weighted by Gasteiger charge is 2.52. The second-order valence-electron chi connectivity index (χ2n) is 30.1. The minimum atomic E-state index is -4.23. The zero-order valence-corrected chi connectivity index (χ0v) is 81.5. The maximum absolute atomic E-state index is 12.9. The number of nitrogens with one attached hydrogen (secondary N) is 6. The number of aliphatic hydroxyl groups is 4. The van der Waals surface area contributed by atoms with E-state index in [1.165, 1.54) is 15.9 Å². The first kappa shape index (κ1) is 117. The lowest BCUT2D eigenvalue weighted by molar-refractivity contribution is -0.144. The van der Waals surface area contributed by atoms with Gasteiger partial charge in [0.2, 0.25) is 17.8 Å². The van der Waals surface area contributed by atoms with Gasteiger partial charge in [-0.3, -0.25) is 0 Å². The molecule has 0 aliphatic carbocycles. The van der Waals surface area contributed by atoms with E-state index in [0.717, 1.165) is 99.7 Å². The van der Waals surface area contributed by atoms with E-state index in [4.69, 9.17) is 45.8 Å². The van der Waals surface area contributed by atoms with Gasteiger partial charge >= 0.3 is 31.5 Å². The molecule has 0 radical (unpaired) electrons. The van der Waals surface area contributed by atoms with E-state index in [9.17, 15) is 64.4 Å². The Morgan fingerprint density at radius 2 is 0.919 bits per heavy atom. The lowest BCUT2D eigenvalue weighted by Crippen LogP contribution is -2.41. The molecule has 26 nitrogen and oxygen atoms in total. The molecule has 2 aromatic carbocycles. The van der Waals surface area contributed by atoms with E-state index < -0.39 is 104 Å². The van der Waals surface area contributed by atoms with E-state index >= 15 is 0 Å². The first-order valence-corrected chi connectivity index (χ1v) is 43.1. The second kappa shape index (κ2) is 58.8. The third-order valence-corrected chi connectivity index (χ3v) is 20.8. The third kappa shape index (κ3) is 48.4. The normalized spacial score (nSPS) is 17.3. The lowest BCUT2D eigenvalue weighted by atomic mass is 9.76. The number of nitrogens with zero attached hydrogens (tertiary/aromatic N) is 6. The number of nitrogens with two attached hydrogens (primary N) is 3. The summed E-state index contributed by atoms with van der Waals surface area (Å²) in [7, 11) is -0.556. The summed E-state index contributed by atoms with van der Waals surface area (Å²) in [6.45, 7) is 41.8. The molecule has 698 valence electrons. The molecule has 4 fully saturated rings. The second-order valence-corrected chi connectivity index (χ2v) is 33.9. The molecule has 4 aromatic heterocycles. The van der Waals surface area contributed by atoms with Crippen LogP contribution in [-0.2, 0) is 23.5 Å². The van der Waals surface area contributed by atoms with Gasteiger partial charge < -0.3 is 103 Å². The average molecular weight is 2130 g/mol. The smallest absolute Gasteiger partial charge is 0.399 e. The summed E-state index contributed by atoms with van der Waals surface area (Å²) in [6, 6.07) is 22.1. The number of morpholine rings is 1. The summed E-state index contributed by atoms with van der Waals surface area (Å²) in [6.07, 6.45) is -11.3. The fourth-order valence-corrected chi connectivity index (χ4v) is 12.4. The Hall–Kier alpha value is -5.60. The number of aryl methyl sites for hydroxylation is 2. The van der Waals surface area contributed by atoms with Gasteiger partial charge in [0.15, 0.2) is 0 Å². The summed E-state index contributed by atoms with van der Waals surface area (Å²) >= 11 is 6.00. The molecule has 4 aliphatic heterocycles. The van der Waals surface area contributed by atoms with Gasteiger partial charge in [-0.25, -0.2) is 24.5 Å². The molecule has 123 heavy (non-hydrogen) atoms. The molecule has 0 saturated carbocycles. The van der Waals surface area contributed by atoms with Crippen LogP contribution in [0.15, 0.2) is 84.9 Å². The number of pyridine rings is 4. The van der Waals surface area contributed by atoms with Gasteiger partial charge in [-0.05, 0) is 294 Å². The molecule has 10 rings (SSSR count). The summed E-state index contributed by atoms with van der Waals surface area (Å²) in [5, 5.41) is 54.6. The van der Waals surface area contributed by atoms with Crippen molar-refractivity contribution in [2.75, 3.05) is 117 Å². The van der Waals surface area contributed by atoms with Crippen LogP contribution in [0.1, 0.15) is 148 Å². The Bertz CT molecular complexity index is 3840. The van der Waals surface area contributed by atoms with Crippen LogP contribution in [0.5, 0.6) is 0 Å². The Labute approximate surface area is 773 Å². The van der Waals surface area contributed by atoms with Gasteiger partial charge in [0.25, 0.3) is 0 Å². The number of urea groups is 2. The molecule has 8 heterocycles. The van der Waals surface area contributed by atoms with Crippen molar-refractivity contribution in [2.45, 2.75) is 222 Å². The molecule has 4 aliphatic rings. The van der Waals surface area contributed by atoms with Crippen molar-refractivity contribution in [2.24, 2.45) is 17.6 Å². The number of halogens is 13. The fraction of sp³-hybridized carbons (Fsp3) is 0.585. The molecule has 10 atom stereocenters. The number of hydrogen-bond acceptors (Lipinski definition) is 22. The van der Waals surface area contributed by atoms with Crippen molar-refractivity contribution < 1.29 is 93.0 Å². The molecule has 0 spiro atoms. The van der Waals surface area contributed by atoms with Gasteiger partial charge in [-0.15, -0.1) is 12.4 Å². The Morgan fingerprint density at radius 1 is 0.561 bits per heavy atom. The highest BCUT2D eigenvalue weighted by Crippen LogP contribution is 2.38. The number of aliphatic hydroxyl groups excluding tert-OH is 4. The summed E-state index contributed by atoms with van der Waals surface area (Å²) < 4.78 is 142. The van der Waals surface area contributed by atoms with Crippen molar-refractivity contribution in [3.05, 3.63) is 125 Å². The van der Waals surface area contributed by atoms with Gasteiger partial charge in [0.1, 0.15) is 29.1 Å². The molecular weight excluding hydrogens is 2000 g/mol. The standard InChI is InChI=1S/C23H30F3N5O2.C20H28BF3N2O3.C9H12FIN2O.C9H14IN3O.C5H2F2IN.C4H9NO.C4H11NO.2C4H10O.ClH.H2S/c1-13-4-5-18(29-22(33)31-7-6-16(12-31)11-23(24,25)26)10-19(13)17-8-20(27)30-21(9-17)28-14(2)15(3)32;1-13-6-7-15(10-16(13)21-28-18(2,3)19(4,5)29-21)25-17(27)26-9-8-14(12-26)11-20(22,23)24;1-5(6(2)14)12-9-4-7(11)3-8(10)13-9;1-5(6(2)14)12-9-4-7(10)3-8(11)13-9;6-4-1-3(8)2-5(7)9-4;1-3-6-4-2-5-1;1-3(5)4(2)6;2*1-3-5-4-2;;/h4-5,8-10,14-16,32H,6-7,11-12H2,1-3H3,(H,29,33)(H3,27,28,30);6-7,10,14H,8-9,11-12H2,1-5H3,(H,25,27);3-6,14H,1-2H3,(H,12,13);3-6,14H,1-2H3,(H3,11,12,13);1-2H;5H,1-4H2;3-4,6H,5H2,1-2H3;2*3-4H2,1-2H3;1H;1H2/t14-,15-,16+;14-;2*5-,6-;;;3-,4-;;;;/m1011..1..../s1. The zero-order valence-electron chi connectivity index (χ0n) is 73.3. The number of rotatable bonds is 20. The van der Waals surface area contributed by atoms with E-state index in [2.05, 4.69) is 74.4 Å². The minimum Gasteiger partial charge on any atom is -0.399 e. The number of ether oxygens (including phenoxy) is 3. The molecular formula is C82H129BClF9I3N15O11S. The molecule has 41 heteroatoms. The number of carbonyl (C=O) groups is 2.